The maximum atomic E-state index is 13.6. The fraction of sp³-hybridized carbons (Fsp3) is 0.455. The third-order valence-corrected chi connectivity index (χ3v) is 2.20. The molecule has 0 unspecified atom stereocenters. The summed E-state index contributed by atoms with van der Waals surface area (Å²) in [5.74, 6) is -4.70. The number of esters is 1. The van der Waals surface area contributed by atoms with E-state index in [1.807, 2.05) is 0 Å². The van der Waals surface area contributed by atoms with Gasteiger partial charge < -0.3 is 9.47 Å². The molecule has 0 aliphatic carbocycles. The van der Waals surface area contributed by atoms with Crippen molar-refractivity contribution in [1.29, 1.82) is 0 Å². The molecule has 0 amide bonds. The smallest absolute Gasteiger partial charge is 0.466 e. The van der Waals surface area contributed by atoms with E-state index in [4.69, 9.17) is 0 Å². The Kier molecular flexibility index (Phi) is 5.20. The van der Waals surface area contributed by atoms with E-state index < -0.39 is 47.9 Å². The molecule has 1 heterocycles. The van der Waals surface area contributed by atoms with Crippen molar-refractivity contribution in [2.75, 3.05) is 6.61 Å². The predicted molar refractivity (Wildman–Crippen MR) is 56.2 cm³/mol. The summed E-state index contributed by atoms with van der Waals surface area (Å²) in [6, 6.07) is -0.134. The van der Waals surface area contributed by atoms with Gasteiger partial charge in [0.2, 0.25) is 11.8 Å². The summed E-state index contributed by atoms with van der Waals surface area (Å²) in [6.07, 6.45) is -11.7. The van der Waals surface area contributed by atoms with Crippen molar-refractivity contribution in [2.45, 2.75) is 25.9 Å². The first-order valence-corrected chi connectivity index (χ1v) is 5.62. The summed E-state index contributed by atoms with van der Waals surface area (Å²) >= 11 is 0. The molecule has 1 aromatic heterocycles. The van der Waals surface area contributed by atoms with Gasteiger partial charge in [-0.1, -0.05) is 0 Å². The molecule has 0 saturated heterocycles. The summed E-state index contributed by atoms with van der Waals surface area (Å²) in [6.45, 7) is 1.21. The van der Waals surface area contributed by atoms with E-state index in [1.165, 1.54) is 6.92 Å². The van der Waals surface area contributed by atoms with Gasteiger partial charge in [-0.2, -0.15) is 22.5 Å². The molecular formula is C11H8F7NO3. The monoisotopic (exact) mass is 335 g/mol. The van der Waals surface area contributed by atoms with Crippen molar-refractivity contribution in [3.05, 3.63) is 23.1 Å². The van der Waals surface area contributed by atoms with Gasteiger partial charge in [-0.3, -0.25) is 4.79 Å². The number of pyridine rings is 1. The Balaban J connectivity index is 3.29. The highest BCUT2D eigenvalue weighted by Crippen LogP contribution is 2.36. The number of alkyl halides is 6. The highest BCUT2D eigenvalue weighted by molar-refractivity contribution is 5.73. The molecule has 0 aliphatic rings. The van der Waals surface area contributed by atoms with E-state index in [0.29, 0.717) is 0 Å². The molecule has 0 N–H and O–H groups in total. The zero-order chi connectivity index (χ0) is 17.1. The third kappa shape index (κ3) is 5.04. The fourth-order valence-corrected chi connectivity index (χ4v) is 1.47. The number of ether oxygens (including phenoxy) is 2. The Labute approximate surface area is 118 Å². The van der Waals surface area contributed by atoms with Crippen LogP contribution in [0.15, 0.2) is 6.07 Å². The Morgan fingerprint density at radius 2 is 1.82 bits per heavy atom. The lowest BCUT2D eigenvalue weighted by molar-refractivity contribution is -0.276. The standard InChI is InChI=1S/C11H8F7NO3/c1-2-21-8(20)3-5-6(10(13,14)15)4-7(19-9(5)12)22-11(16,17)18/h4H,2-3H2,1H3. The largest absolute Gasteiger partial charge is 0.574 e. The number of carbonyl (C=O) groups excluding carboxylic acids is 1. The molecule has 0 saturated carbocycles. The molecule has 0 atom stereocenters. The van der Waals surface area contributed by atoms with E-state index in [1.54, 1.807) is 0 Å². The van der Waals surface area contributed by atoms with Crippen molar-refractivity contribution < 1.29 is 45.0 Å². The van der Waals surface area contributed by atoms with Gasteiger partial charge in [0.05, 0.1) is 18.6 Å². The maximum absolute atomic E-state index is 13.6. The van der Waals surface area contributed by atoms with Crippen LogP contribution in [0.5, 0.6) is 5.88 Å². The molecule has 1 rings (SSSR count). The zero-order valence-electron chi connectivity index (χ0n) is 10.8. The summed E-state index contributed by atoms with van der Waals surface area (Å²) in [7, 11) is 0. The van der Waals surface area contributed by atoms with Crippen molar-refractivity contribution in [3.8, 4) is 5.88 Å². The molecule has 0 aliphatic heterocycles. The summed E-state index contributed by atoms with van der Waals surface area (Å²) in [4.78, 5) is 13.8. The van der Waals surface area contributed by atoms with Crippen LogP contribution in [-0.4, -0.2) is 23.9 Å². The lowest BCUT2D eigenvalue weighted by Gasteiger charge is -2.15. The van der Waals surface area contributed by atoms with Crippen LogP contribution in [0.4, 0.5) is 30.7 Å². The first kappa shape index (κ1) is 18.0. The lowest BCUT2D eigenvalue weighted by atomic mass is 10.1. The summed E-state index contributed by atoms with van der Waals surface area (Å²) in [5, 5.41) is 0. The van der Waals surface area contributed by atoms with E-state index in [0.717, 1.165) is 0 Å². The van der Waals surface area contributed by atoms with Crippen LogP contribution in [0.25, 0.3) is 0 Å². The Hall–Kier alpha value is -2.07. The number of carbonyl (C=O) groups is 1. The Morgan fingerprint density at radius 1 is 1.23 bits per heavy atom. The molecule has 124 valence electrons. The summed E-state index contributed by atoms with van der Waals surface area (Å²) in [5.41, 5.74) is -3.02. The molecule has 0 fully saturated rings. The first-order valence-electron chi connectivity index (χ1n) is 5.62. The van der Waals surface area contributed by atoms with E-state index in [2.05, 4.69) is 14.5 Å². The SMILES string of the molecule is CCOC(=O)Cc1c(C(F)(F)F)cc(OC(F)(F)F)nc1F. The second-order valence-electron chi connectivity index (χ2n) is 3.80. The minimum absolute atomic E-state index is 0.134. The maximum Gasteiger partial charge on any atom is 0.574 e. The minimum atomic E-state index is -5.34. The molecule has 0 bridgehead atoms. The van der Waals surface area contributed by atoms with E-state index >= 15 is 0 Å². The number of rotatable bonds is 4. The second kappa shape index (κ2) is 6.36. The molecule has 4 nitrogen and oxygen atoms in total. The van der Waals surface area contributed by atoms with Crippen LogP contribution < -0.4 is 4.74 Å². The average Bonchev–Trinajstić information content (AvgIpc) is 2.29. The quantitative estimate of drug-likeness (QED) is 0.481. The van der Waals surface area contributed by atoms with Crippen molar-refractivity contribution >= 4 is 5.97 Å². The van der Waals surface area contributed by atoms with Crippen LogP contribution in [-0.2, 0) is 22.1 Å². The van der Waals surface area contributed by atoms with Crippen LogP contribution in [0, 0.1) is 5.95 Å². The minimum Gasteiger partial charge on any atom is -0.466 e. The van der Waals surface area contributed by atoms with Gasteiger partial charge in [-0.25, -0.2) is 0 Å². The number of aromatic nitrogens is 1. The van der Waals surface area contributed by atoms with Crippen molar-refractivity contribution in [3.63, 3.8) is 0 Å². The van der Waals surface area contributed by atoms with Crippen LogP contribution in [0.1, 0.15) is 18.1 Å². The first-order chi connectivity index (χ1) is 9.94. The van der Waals surface area contributed by atoms with Gasteiger partial charge in [0, 0.05) is 11.6 Å². The van der Waals surface area contributed by atoms with E-state index in [9.17, 15) is 35.5 Å². The van der Waals surface area contributed by atoms with Gasteiger partial charge in [-0.15, -0.1) is 13.2 Å². The predicted octanol–water partition coefficient (Wildman–Crippen LogP) is 3.24. The molecule has 0 aromatic carbocycles. The fourth-order valence-electron chi connectivity index (χ4n) is 1.47. The zero-order valence-corrected chi connectivity index (χ0v) is 10.8. The highest BCUT2D eigenvalue weighted by Gasteiger charge is 2.39. The lowest BCUT2D eigenvalue weighted by Crippen LogP contribution is -2.21. The number of nitrogens with zero attached hydrogens (tertiary/aromatic N) is 1. The molecule has 22 heavy (non-hydrogen) atoms. The van der Waals surface area contributed by atoms with Gasteiger partial charge in [0.25, 0.3) is 0 Å². The normalized spacial score (nSPS) is 12.2. The highest BCUT2D eigenvalue weighted by atomic mass is 19.4. The van der Waals surface area contributed by atoms with Crippen LogP contribution in [0.2, 0.25) is 0 Å². The Morgan fingerprint density at radius 3 is 2.27 bits per heavy atom. The molecule has 11 heteroatoms. The molecule has 0 radical (unpaired) electrons. The average molecular weight is 335 g/mol. The third-order valence-electron chi connectivity index (χ3n) is 2.20. The van der Waals surface area contributed by atoms with Crippen LogP contribution in [0.3, 0.4) is 0 Å². The van der Waals surface area contributed by atoms with Gasteiger partial charge in [0.1, 0.15) is 0 Å². The number of hydrogen-bond donors (Lipinski definition) is 0. The number of halogens is 7. The van der Waals surface area contributed by atoms with Gasteiger partial charge in [-0.05, 0) is 6.92 Å². The van der Waals surface area contributed by atoms with Gasteiger partial charge >= 0.3 is 18.5 Å². The van der Waals surface area contributed by atoms with Gasteiger partial charge in [0.15, 0.2) is 0 Å². The molecule has 1 aromatic rings. The van der Waals surface area contributed by atoms with Crippen molar-refractivity contribution in [1.82, 2.24) is 4.98 Å². The number of hydrogen-bond acceptors (Lipinski definition) is 4. The van der Waals surface area contributed by atoms with Crippen LogP contribution >= 0.6 is 0 Å². The van der Waals surface area contributed by atoms with Crippen molar-refractivity contribution in [2.24, 2.45) is 0 Å². The van der Waals surface area contributed by atoms with E-state index in [-0.39, 0.29) is 12.7 Å². The molecule has 0 spiro atoms. The Bertz CT molecular complexity index is 554. The topological polar surface area (TPSA) is 48.4 Å². The summed E-state index contributed by atoms with van der Waals surface area (Å²) < 4.78 is 95.4. The molecular weight excluding hydrogens is 327 g/mol. The second-order valence-corrected chi connectivity index (χ2v) is 3.80.